The van der Waals surface area contributed by atoms with Crippen LogP contribution in [0.2, 0.25) is 0 Å². The molecule has 0 bridgehead atoms. The maximum absolute atomic E-state index is 14.0. The SMILES string of the molecule is N#CC1(Cc2ccc(Br)cc2F)CCc2ccccc21. The van der Waals surface area contributed by atoms with Crippen LogP contribution in [-0.4, -0.2) is 0 Å². The minimum Gasteiger partial charge on any atom is -0.207 e. The van der Waals surface area contributed by atoms with Crippen molar-refractivity contribution < 1.29 is 4.39 Å². The predicted octanol–water partition coefficient (Wildman–Crippen LogP) is 4.54. The lowest BCUT2D eigenvalue weighted by molar-refractivity contribution is 0.517. The van der Waals surface area contributed by atoms with E-state index in [1.54, 1.807) is 6.07 Å². The van der Waals surface area contributed by atoms with Crippen LogP contribution in [0, 0.1) is 17.1 Å². The molecule has 0 radical (unpaired) electrons. The zero-order valence-corrected chi connectivity index (χ0v) is 12.5. The first-order valence-corrected chi connectivity index (χ1v) is 7.37. The molecule has 0 amide bonds. The number of nitriles is 1. The molecule has 1 aliphatic rings. The maximum Gasteiger partial charge on any atom is 0.127 e. The lowest BCUT2D eigenvalue weighted by Crippen LogP contribution is -2.24. The molecule has 3 rings (SSSR count). The highest BCUT2D eigenvalue weighted by Crippen LogP contribution is 2.41. The number of aryl methyl sites for hydroxylation is 1. The molecule has 0 aromatic heterocycles. The lowest BCUT2D eigenvalue weighted by atomic mass is 9.78. The number of halogens is 2. The summed E-state index contributed by atoms with van der Waals surface area (Å²) >= 11 is 3.26. The number of benzene rings is 2. The fourth-order valence-corrected chi connectivity index (χ4v) is 3.35. The summed E-state index contributed by atoms with van der Waals surface area (Å²) in [6, 6.07) is 15.5. The maximum atomic E-state index is 14.0. The van der Waals surface area contributed by atoms with Gasteiger partial charge in [0.05, 0.1) is 11.5 Å². The molecule has 0 saturated carbocycles. The third-order valence-corrected chi connectivity index (χ3v) is 4.57. The van der Waals surface area contributed by atoms with Gasteiger partial charge in [-0.3, -0.25) is 0 Å². The molecule has 1 unspecified atom stereocenters. The topological polar surface area (TPSA) is 23.8 Å². The summed E-state index contributed by atoms with van der Waals surface area (Å²) in [5.74, 6) is -0.251. The molecule has 0 aliphatic heterocycles. The first kappa shape index (κ1) is 13.3. The minimum absolute atomic E-state index is 0.251. The minimum atomic E-state index is -0.592. The van der Waals surface area contributed by atoms with Crippen molar-refractivity contribution in [2.24, 2.45) is 0 Å². The summed E-state index contributed by atoms with van der Waals surface area (Å²) in [6.07, 6.45) is 2.08. The van der Waals surface area contributed by atoms with E-state index in [2.05, 4.69) is 28.1 Å². The van der Waals surface area contributed by atoms with E-state index in [0.717, 1.165) is 22.9 Å². The van der Waals surface area contributed by atoms with Crippen molar-refractivity contribution in [1.29, 1.82) is 5.26 Å². The van der Waals surface area contributed by atoms with Crippen molar-refractivity contribution in [1.82, 2.24) is 0 Å². The summed E-state index contributed by atoms with van der Waals surface area (Å²) in [5.41, 5.74) is 2.29. The van der Waals surface area contributed by atoms with Crippen LogP contribution in [0.25, 0.3) is 0 Å². The van der Waals surface area contributed by atoms with Crippen LogP contribution in [-0.2, 0) is 18.3 Å². The number of rotatable bonds is 2. The van der Waals surface area contributed by atoms with E-state index in [-0.39, 0.29) is 5.82 Å². The summed E-state index contributed by atoms with van der Waals surface area (Å²) in [6.45, 7) is 0. The molecule has 1 aliphatic carbocycles. The van der Waals surface area contributed by atoms with Crippen LogP contribution in [0.15, 0.2) is 46.9 Å². The smallest absolute Gasteiger partial charge is 0.127 e. The first-order chi connectivity index (χ1) is 9.64. The summed E-state index contributed by atoms with van der Waals surface area (Å²) in [5, 5.41) is 9.69. The molecule has 0 spiro atoms. The molecule has 3 heteroatoms. The summed E-state index contributed by atoms with van der Waals surface area (Å²) in [7, 11) is 0. The molecule has 1 atom stereocenters. The molecule has 2 aromatic carbocycles. The van der Waals surface area contributed by atoms with Gasteiger partial charge in [-0.2, -0.15) is 5.26 Å². The third-order valence-electron chi connectivity index (χ3n) is 4.08. The van der Waals surface area contributed by atoms with Crippen LogP contribution in [0.3, 0.4) is 0 Å². The Labute approximate surface area is 126 Å². The van der Waals surface area contributed by atoms with Crippen LogP contribution in [0.5, 0.6) is 0 Å². The average Bonchev–Trinajstić information content (AvgIpc) is 2.82. The van der Waals surface area contributed by atoms with Gasteiger partial charge in [0, 0.05) is 4.47 Å². The van der Waals surface area contributed by atoms with E-state index < -0.39 is 5.41 Å². The molecule has 2 aromatic rings. The Morgan fingerprint density at radius 2 is 2.05 bits per heavy atom. The van der Waals surface area contributed by atoms with Crippen molar-refractivity contribution in [3.05, 3.63) is 69.4 Å². The van der Waals surface area contributed by atoms with E-state index in [4.69, 9.17) is 0 Å². The monoisotopic (exact) mass is 329 g/mol. The van der Waals surface area contributed by atoms with E-state index in [1.807, 2.05) is 24.3 Å². The predicted molar refractivity (Wildman–Crippen MR) is 79.9 cm³/mol. The zero-order valence-electron chi connectivity index (χ0n) is 10.9. The van der Waals surface area contributed by atoms with Gasteiger partial charge in [0.1, 0.15) is 5.82 Å². The summed E-state index contributed by atoms with van der Waals surface area (Å²) in [4.78, 5) is 0. The second kappa shape index (κ2) is 5.03. The van der Waals surface area contributed by atoms with Crippen molar-refractivity contribution >= 4 is 15.9 Å². The van der Waals surface area contributed by atoms with E-state index in [9.17, 15) is 9.65 Å². The highest BCUT2D eigenvalue weighted by molar-refractivity contribution is 9.10. The Morgan fingerprint density at radius 1 is 1.25 bits per heavy atom. The third kappa shape index (κ3) is 2.14. The number of hydrogen-bond donors (Lipinski definition) is 0. The second-order valence-electron chi connectivity index (χ2n) is 5.26. The van der Waals surface area contributed by atoms with Gasteiger partial charge in [-0.05, 0) is 48.1 Å². The number of fused-ring (bicyclic) bond motifs is 1. The Hall–Kier alpha value is -1.66. The number of nitrogens with zero attached hydrogens (tertiary/aromatic N) is 1. The van der Waals surface area contributed by atoms with Crippen LogP contribution in [0.1, 0.15) is 23.1 Å². The molecular formula is C17H13BrFN. The van der Waals surface area contributed by atoms with Crippen LogP contribution >= 0.6 is 15.9 Å². The fraction of sp³-hybridized carbons (Fsp3) is 0.235. The Balaban J connectivity index is 2.02. The van der Waals surface area contributed by atoms with Gasteiger partial charge in [0.25, 0.3) is 0 Å². The normalized spacial score (nSPS) is 20.4. The van der Waals surface area contributed by atoms with Gasteiger partial charge in [0.2, 0.25) is 0 Å². The highest BCUT2D eigenvalue weighted by Gasteiger charge is 2.39. The molecule has 0 N–H and O–H groups in total. The van der Waals surface area contributed by atoms with E-state index in [1.165, 1.54) is 11.6 Å². The average molecular weight is 330 g/mol. The van der Waals surface area contributed by atoms with Crippen LogP contribution in [0.4, 0.5) is 4.39 Å². The van der Waals surface area contributed by atoms with Gasteiger partial charge in [0.15, 0.2) is 0 Å². The Kier molecular flexibility index (Phi) is 3.35. The van der Waals surface area contributed by atoms with Gasteiger partial charge in [-0.1, -0.05) is 46.3 Å². The Morgan fingerprint density at radius 3 is 2.80 bits per heavy atom. The second-order valence-corrected chi connectivity index (χ2v) is 6.18. The molecule has 0 heterocycles. The van der Waals surface area contributed by atoms with Crippen molar-refractivity contribution in [3.63, 3.8) is 0 Å². The van der Waals surface area contributed by atoms with E-state index >= 15 is 0 Å². The molecular weight excluding hydrogens is 317 g/mol. The van der Waals surface area contributed by atoms with Crippen LogP contribution < -0.4 is 0 Å². The Bertz CT molecular complexity index is 704. The molecule has 20 heavy (non-hydrogen) atoms. The van der Waals surface area contributed by atoms with Gasteiger partial charge < -0.3 is 0 Å². The van der Waals surface area contributed by atoms with Gasteiger partial charge in [-0.15, -0.1) is 0 Å². The van der Waals surface area contributed by atoms with Crippen molar-refractivity contribution in [2.75, 3.05) is 0 Å². The first-order valence-electron chi connectivity index (χ1n) is 6.58. The highest BCUT2D eigenvalue weighted by atomic mass is 79.9. The number of hydrogen-bond acceptors (Lipinski definition) is 1. The van der Waals surface area contributed by atoms with Gasteiger partial charge >= 0.3 is 0 Å². The largest absolute Gasteiger partial charge is 0.207 e. The molecule has 1 nitrogen and oxygen atoms in total. The zero-order chi connectivity index (χ0) is 14.2. The quantitative estimate of drug-likeness (QED) is 0.793. The molecule has 100 valence electrons. The van der Waals surface area contributed by atoms with Crippen molar-refractivity contribution in [3.8, 4) is 6.07 Å². The van der Waals surface area contributed by atoms with Gasteiger partial charge in [-0.25, -0.2) is 4.39 Å². The fourth-order valence-electron chi connectivity index (χ4n) is 3.02. The van der Waals surface area contributed by atoms with Crippen molar-refractivity contribution in [2.45, 2.75) is 24.7 Å². The standard InChI is InChI=1S/C17H13BrFN/c18-14-6-5-13(16(19)9-14)10-17(11-20)8-7-12-3-1-2-4-15(12)17/h1-6,9H,7-8,10H2. The molecule has 0 fully saturated rings. The lowest BCUT2D eigenvalue weighted by Gasteiger charge is -2.22. The molecule has 0 saturated heterocycles. The summed E-state index contributed by atoms with van der Waals surface area (Å²) < 4.78 is 14.8. The van der Waals surface area contributed by atoms with E-state index in [0.29, 0.717) is 12.0 Å².